The van der Waals surface area contributed by atoms with Crippen LogP contribution >= 0.6 is 22.7 Å². The van der Waals surface area contributed by atoms with Gasteiger partial charge in [0, 0.05) is 20.3 Å². The molecule has 1 unspecified atom stereocenters. The lowest BCUT2D eigenvalue weighted by Gasteiger charge is -2.19. The number of aryl methyl sites for hydroxylation is 2. The normalized spacial score (nSPS) is 12.9. The molecule has 0 bridgehead atoms. The summed E-state index contributed by atoms with van der Waals surface area (Å²) in [4.78, 5) is 1.46. The van der Waals surface area contributed by atoms with Gasteiger partial charge < -0.3 is 5.32 Å². The lowest BCUT2D eigenvalue weighted by Crippen LogP contribution is -2.22. The molecular formula is C18H21NS2. The fourth-order valence-electron chi connectivity index (χ4n) is 2.85. The van der Waals surface area contributed by atoms with Crippen LogP contribution in [0.25, 0.3) is 9.40 Å². The van der Waals surface area contributed by atoms with E-state index in [-0.39, 0.29) is 0 Å². The van der Waals surface area contributed by atoms with E-state index in [0.717, 1.165) is 13.0 Å². The monoisotopic (exact) mass is 315 g/mol. The molecule has 1 aromatic carbocycles. The molecule has 3 aromatic rings. The third-order valence-electron chi connectivity index (χ3n) is 4.01. The van der Waals surface area contributed by atoms with Crippen molar-refractivity contribution in [1.82, 2.24) is 5.32 Å². The molecule has 110 valence electrons. The molecule has 0 saturated heterocycles. The number of fused-ring (bicyclic) bond motifs is 1. The predicted octanol–water partition coefficient (Wildman–Crippen LogP) is 5.47. The lowest BCUT2D eigenvalue weighted by atomic mass is 9.96. The van der Waals surface area contributed by atoms with Gasteiger partial charge in [-0.25, -0.2) is 0 Å². The standard InChI is InChI=1S/C18H21NS2/c1-4-19-15(10-14-12(2)6-5-7-13(14)3)17-11-18-16(21-17)8-9-20-18/h5-9,11,15,19H,4,10H2,1-3H3. The lowest BCUT2D eigenvalue weighted by molar-refractivity contribution is 0.556. The van der Waals surface area contributed by atoms with Gasteiger partial charge in [-0.15, -0.1) is 22.7 Å². The molecule has 0 radical (unpaired) electrons. The maximum atomic E-state index is 3.67. The molecule has 0 aliphatic carbocycles. The Morgan fingerprint density at radius 3 is 2.52 bits per heavy atom. The van der Waals surface area contributed by atoms with E-state index < -0.39 is 0 Å². The second-order valence-corrected chi connectivity index (χ2v) is 7.55. The van der Waals surface area contributed by atoms with Crippen LogP contribution in [0.3, 0.4) is 0 Å². The van der Waals surface area contributed by atoms with Gasteiger partial charge in [-0.05, 0) is 61.0 Å². The molecule has 3 rings (SSSR count). The predicted molar refractivity (Wildman–Crippen MR) is 95.7 cm³/mol. The first-order chi connectivity index (χ1) is 10.2. The van der Waals surface area contributed by atoms with Crippen LogP contribution in [0.15, 0.2) is 35.7 Å². The van der Waals surface area contributed by atoms with E-state index in [2.05, 4.69) is 61.8 Å². The highest BCUT2D eigenvalue weighted by molar-refractivity contribution is 7.26. The summed E-state index contributed by atoms with van der Waals surface area (Å²) >= 11 is 3.77. The van der Waals surface area contributed by atoms with Gasteiger partial charge in [0.2, 0.25) is 0 Å². The van der Waals surface area contributed by atoms with Crippen LogP contribution in [0.5, 0.6) is 0 Å². The van der Waals surface area contributed by atoms with Gasteiger partial charge in [-0.1, -0.05) is 25.1 Å². The van der Waals surface area contributed by atoms with E-state index in [1.165, 1.54) is 31.0 Å². The largest absolute Gasteiger partial charge is 0.309 e. The molecule has 0 saturated carbocycles. The van der Waals surface area contributed by atoms with Crippen molar-refractivity contribution in [3.05, 3.63) is 57.3 Å². The molecular weight excluding hydrogens is 294 g/mol. The molecule has 0 aliphatic heterocycles. The summed E-state index contributed by atoms with van der Waals surface area (Å²) in [6, 6.07) is 11.6. The second-order valence-electron chi connectivity index (χ2n) is 5.48. The third-order valence-corrected chi connectivity index (χ3v) is 6.21. The van der Waals surface area contributed by atoms with Crippen molar-refractivity contribution < 1.29 is 0 Å². The summed E-state index contributed by atoms with van der Waals surface area (Å²) < 4.78 is 2.83. The average Bonchev–Trinajstić information content (AvgIpc) is 3.03. The zero-order valence-corrected chi connectivity index (χ0v) is 14.4. The molecule has 1 atom stereocenters. The van der Waals surface area contributed by atoms with Crippen LogP contribution in [0, 0.1) is 13.8 Å². The number of hydrogen-bond acceptors (Lipinski definition) is 3. The van der Waals surface area contributed by atoms with Crippen LogP contribution in [0.2, 0.25) is 0 Å². The summed E-state index contributed by atoms with van der Waals surface area (Å²) in [6.45, 7) is 7.63. The van der Waals surface area contributed by atoms with Gasteiger partial charge in [-0.2, -0.15) is 0 Å². The van der Waals surface area contributed by atoms with E-state index in [4.69, 9.17) is 0 Å². The SMILES string of the molecule is CCNC(Cc1c(C)cccc1C)c1cc2sccc2s1. The van der Waals surface area contributed by atoms with E-state index in [1.807, 2.05) is 22.7 Å². The average molecular weight is 316 g/mol. The zero-order chi connectivity index (χ0) is 14.8. The molecule has 3 heteroatoms. The fourth-order valence-corrected chi connectivity index (χ4v) is 5.05. The Balaban J connectivity index is 1.93. The fraction of sp³-hybridized carbons (Fsp3) is 0.333. The number of likely N-dealkylation sites (N-methyl/N-ethyl adjacent to an activating group) is 1. The third kappa shape index (κ3) is 3.05. The van der Waals surface area contributed by atoms with Crippen molar-refractivity contribution in [3.63, 3.8) is 0 Å². The van der Waals surface area contributed by atoms with Gasteiger partial charge in [0.15, 0.2) is 0 Å². The summed E-state index contributed by atoms with van der Waals surface area (Å²) in [5.41, 5.74) is 4.28. The minimum Gasteiger partial charge on any atom is -0.309 e. The highest BCUT2D eigenvalue weighted by atomic mass is 32.1. The Hall–Kier alpha value is -1.16. The summed E-state index contributed by atoms with van der Waals surface area (Å²) in [5, 5.41) is 5.85. The smallest absolute Gasteiger partial charge is 0.0456 e. The first kappa shape index (κ1) is 14.8. The van der Waals surface area contributed by atoms with E-state index in [9.17, 15) is 0 Å². The minimum absolute atomic E-state index is 0.416. The second kappa shape index (κ2) is 6.30. The van der Waals surface area contributed by atoms with Crippen molar-refractivity contribution in [2.45, 2.75) is 33.2 Å². The Morgan fingerprint density at radius 1 is 1.10 bits per heavy atom. The molecule has 2 aromatic heterocycles. The molecule has 1 nitrogen and oxygen atoms in total. The van der Waals surface area contributed by atoms with Crippen molar-refractivity contribution in [2.75, 3.05) is 6.54 Å². The quantitative estimate of drug-likeness (QED) is 0.658. The van der Waals surface area contributed by atoms with Crippen molar-refractivity contribution in [1.29, 1.82) is 0 Å². The van der Waals surface area contributed by atoms with Gasteiger partial charge in [0.1, 0.15) is 0 Å². The molecule has 1 N–H and O–H groups in total. The van der Waals surface area contributed by atoms with Gasteiger partial charge >= 0.3 is 0 Å². The molecule has 0 fully saturated rings. The Bertz CT molecular complexity index is 690. The van der Waals surface area contributed by atoms with Crippen LogP contribution in [-0.4, -0.2) is 6.54 Å². The summed E-state index contributed by atoms with van der Waals surface area (Å²) in [7, 11) is 0. The Morgan fingerprint density at radius 2 is 1.86 bits per heavy atom. The van der Waals surface area contributed by atoms with Gasteiger partial charge in [-0.3, -0.25) is 0 Å². The van der Waals surface area contributed by atoms with Gasteiger partial charge in [0.25, 0.3) is 0 Å². The van der Waals surface area contributed by atoms with E-state index in [0.29, 0.717) is 6.04 Å². The molecule has 0 aliphatic rings. The van der Waals surface area contributed by atoms with Crippen LogP contribution in [-0.2, 0) is 6.42 Å². The van der Waals surface area contributed by atoms with E-state index >= 15 is 0 Å². The minimum atomic E-state index is 0.416. The highest BCUT2D eigenvalue weighted by Gasteiger charge is 2.16. The van der Waals surface area contributed by atoms with Crippen molar-refractivity contribution in [3.8, 4) is 0 Å². The van der Waals surface area contributed by atoms with Crippen LogP contribution in [0.4, 0.5) is 0 Å². The summed E-state index contributed by atoms with van der Waals surface area (Å²) in [5.74, 6) is 0. The van der Waals surface area contributed by atoms with Crippen molar-refractivity contribution in [2.24, 2.45) is 0 Å². The number of rotatable bonds is 5. The summed E-state index contributed by atoms with van der Waals surface area (Å²) in [6.07, 6.45) is 1.07. The molecule has 0 amide bonds. The van der Waals surface area contributed by atoms with Crippen molar-refractivity contribution >= 4 is 32.1 Å². The van der Waals surface area contributed by atoms with Gasteiger partial charge in [0.05, 0.1) is 0 Å². The first-order valence-corrected chi connectivity index (χ1v) is 9.14. The van der Waals surface area contributed by atoms with E-state index in [1.54, 1.807) is 0 Å². The highest BCUT2D eigenvalue weighted by Crippen LogP contribution is 2.35. The molecule has 0 spiro atoms. The maximum absolute atomic E-state index is 3.67. The topological polar surface area (TPSA) is 12.0 Å². The molecule has 21 heavy (non-hydrogen) atoms. The maximum Gasteiger partial charge on any atom is 0.0456 e. The Labute approximate surface area is 134 Å². The number of hydrogen-bond donors (Lipinski definition) is 1. The number of nitrogens with one attached hydrogen (secondary N) is 1. The number of thiophene rings is 2. The first-order valence-electron chi connectivity index (χ1n) is 7.44. The van der Waals surface area contributed by atoms with Crippen LogP contribution < -0.4 is 5.32 Å². The zero-order valence-electron chi connectivity index (χ0n) is 12.8. The molecule has 2 heterocycles. The Kier molecular flexibility index (Phi) is 4.43. The van der Waals surface area contributed by atoms with Crippen LogP contribution in [0.1, 0.15) is 34.5 Å². The number of benzene rings is 1.